The van der Waals surface area contributed by atoms with Gasteiger partial charge in [-0.15, -0.1) is 0 Å². The minimum Gasteiger partial charge on any atom is -0.491 e. The Labute approximate surface area is 218 Å². The summed E-state index contributed by atoms with van der Waals surface area (Å²) in [7, 11) is 1.99. The van der Waals surface area contributed by atoms with Crippen molar-refractivity contribution >= 4 is 22.7 Å². The van der Waals surface area contributed by atoms with E-state index in [1.807, 2.05) is 73.2 Å². The van der Waals surface area contributed by atoms with Gasteiger partial charge in [0.15, 0.2) is 5.60 Å². The van der Waals surface area contributed by atoms with Gasteiger partial charge >= 0.3 is 0 Å². The first-order valence-electron chi connectivity index (χ1n) is 13.4. The highest BCUT2D eigenvalue weighted by Gasteiger charge is 2.47. The van der Waals surface area contributed by atoms with Gasteiger partial charge in [-0.25, -0.2) is 0 Å². The van der Waals surface area contributed by atoms with E-state index in [0.717, 1.165) is 41.6 Å². The largest absolute Gasteiger partial charge is 0.491 e. The molecular weight excluding hydrogens is 466 g/mol. The number of nitrogens with zero attached hydrogens (tertiary/aromatic N) is 3. The van der Waals surface area contributed by atoms with Crippen LogP contribution in [0.2, 0.25) is 0 Å². The van der Waals surface area contributed by atoms with Crippen molar-refractivity contribution in [3.05, 3.63) is 65.4 Å². The van der Waals surface area contributed by atoms with Crippen molar-refractivity contribution in [2.24, 2.45) is 7.05 Å². The summed E-state index contributed by atoms with van der Waals surface area (Å²) in [5, 5.41) is 0.948. The molecule has 3 aromatic rings. The van der Waals surface area contributed by atoms with Gasteiger partial charge in [-0.1, -0.05) is 36.4 Å². The molecule has 7 heteroatoms. The number of carbonyl (C=O) groups is 2. The molecule has 0 N–H and O–H groups in total. The smallest absolute Gasteiger partial charge is 0.256 e. The molecule has 3 heterocycles. The molecule has 1 unspecified atom stereocenters. The molecule has 2 amide bonds. The molecule has 0 aliphatic carbocycles. The number of aryl methyl sites for hydroxylation is 2. The summed E-state index contributed by atoms with van der Waals surface area (Å²) in [4.78, 5) is 31.6. The molecule has 1 aromatic heterocycles. The van der Waals surface area contributed by atoms with Gasteiger partial charge in [0.1, 0.15) is 12.4 Å². The Hall–Kier alpha value is -3.32. The minimum absolute atomic E-state index is 0.0313. The second kappa shape index (κ2) is 10.6. The fourth-order valence-electron chi connectivity index (χ4n) is 5.83. The zero-order valence-corrected chi connectivity index (χ0v) is 22.2. The number of benzene rings is 2. The normalized spacial score (nSPS) is 21.3. The summed E-state index contributed by atoms with van der Waals surface area (Å²) >= 11 is 0. The summed E-state index contributed by atoms with van der Waals surface area (Å²) in [6.45, 7) is 6.51. The Balaban J connectivity index is 1.43. The maximum absolute atomic E-state index is 14.0. The van der Waals surface area contributed by atoms with E-state index < -0.39 is 5.60 Å². The Morgan fingerprint density at radius 2 is 1.81 bits per heavy atom. The summed E-state index contributed by atoms with van der Waals surface area (Å²) in [5.41, 5.74) is 2.84. The van der Waals surface area contributed by atoms with Crippen LogP contribution < -0.4 is 4.74 Å². The lowest BCUT2D eigenvalue weighted by molar-refractivity contribution is -0.170. The van der Waals surface area contributed by atoms with Crippen LogP contribution in [0, 0.1) is 6.92 Å². The van der Waals surface area contributed by atoms with E-state index in [9.17, 15) is 9.59 Å². The van der Waals surface area contributed by atoms with Gasteiger partial charge in [-0.3, -0.25) is 9.59 Å². The van der Waals surface area contributed by atoms with Crippen molar-refractivity contribution in [2.45, 2.75) is 45.1 Å². The molecule has 2 aliphatic heterocycles. The molecule has 1 atom stereocenters. The number of para-hydroxylation sites is 2. The standard InChI is InChI=1S/C30H37N3O4/c1-4-32-17-19-36-26-15-8-5-11-23(26)12-9-10-16-30(29(32)35)21-33(18-20-37-30)28(34)27-22(2)31(3)25-14-7-6-13-24(25)27/h5-8,11,13-15H,4,9-10,12,16-21H2,1-3H3. The third-order valence-corrected chi connectivity index (χ3v) is 8.01. The number of hydrogen-bond donors (Lipinski definition) is 0. The van der Waals surface area contributed by atoms with Crippen molar-refractivity contribution < 1.29 is 19.1 Å². The molecule has 196 valence electrons. The van der Waals surface area contributed by atoms with Crippen LogP contribution >= 0.6 is 0 Å². The molecule has 2 aliphatic rings. The maximum Gasteiger partial charge on any atom is 0.256 e. The van der Waals surface area contributed by atoms with Gasteiger partial charge in [-0.2, -0.15) is 0 Å². The average molecular weight is 504 g/mol. The van der Waals surface area contributed by atoms with Crippen LogP contribution in [0.5, 0.6) is 5.75 Å². The second-order valence-electron chi connectivity index (χ2n) is 10.2. The van der Waals surface area contributed by atoms with Crippen LogP contribution in [-0.2, 0) is 23.0 Å². The van der Waals surface area contributed by atoms with Gasteiger partial charge in [0, 0.05) is 36.7 Å². The highest BCUT2D eigenvalue weighted by molar-refractivity contribution is 6.08. The predicted molar refractivity (Wildman–Crippen MR) is 144 cm³/mol. The molecule has 7 nitrogen and oxygen atoms in total. The Morgan fingerprint density at radius 3 is 2.65 bits per heavy atom. The zero-order valence-electron chi connectivity index (χ0n) is 22.2. The number of likely N-dealkylation sites (N-methyl/N-ethyl adjacent to an activating group) is 1. The Bertz CT molecular complexity index is 1300. The lowest BCUT2D eigenvalue weighted by Crippen LogP contribution is -2.62. The van der Waals surface area contributed by atoms with Crippen molar-refractivity contribution in [1.82, 2.24) is 14.4 Å². The SMILES string of the molecule is CCN1CCOc2ccccc2CCCCC2(CN(C(=O)c3c(C)n(C)c4ccccc34)CCO2)C1=O. The molecular formula is C30H37N3O4. The Morgan fingerprint density at radius 1 is 1.03 bits per heavy atom. The highest BCUT2D eigenvalue weighted by atomic mass is 16.5. The van der Waals surface area contributed by atoms with Crippen LogP contribution in [0.25, 0.3) is 10.9 Å². The monoisotopic (exact) mass is 503 g/mol. The van der Waals surface area contributed by atoms with Crippen LogP contribution in [0.15, 0.2) is 48.5 Å². The van der Waals surface area contributed by atoms with E-state index >= 15 is 0 Å². The second-order valence-corrected chi connectivity index (χ2v) is 10.2. The number of morpholine rings is 1. The van der Waals surface area contributed by atoms with Crippen molar-refractivity contribution in [2.75, 3.05) is 39.4 Å². The topological polar surface area (TPSA) is 64.0 Å². The van der Waals surface area contributed by atoms with Gasteiger partial charge in [-0.05, 0) is 57.2 Å². The minimum atomic E-state index is -1.04. The molecule has 1 spiro atoms. The van der Waals surface area contributed by atoms with E-state index in [1.54, 1.807) is 0 Å². The fourth-order valence-corrected chi connectivity index (χ4v) is 5.83. The molecule has 5 rings (SSSR count). The van der Waals surface area contributed by atoms with Crippen LogP contribution in [0.1, 0.15) is 47.8 Å². The number of hydrogen-bond acceptors (Lipinski definition) is 4. The average Bonchev–Trinajstić information content (AvgIpc) is 3.18. The van der Waals surface area contributed by atoms with Crippen LogP contribution in [0.3, 0.4) is 0 Å². The zero-order chi connectivity index (χ0) is 26.0. The van der Waals surface area contributed by atoms with E-state index in [-0.39, 0.29) is 18.4 Å². The third kappa shape index (κ3) is 4.73. The molecule has 1 fully saturated rings. The fraction of sp³-hybridized carbons (Fsp3) is 0.467. The number of amides is 2. The summed E-state index contributed by atoms with van der Waals surface area (Å²) < 4.78 is 14.5. The van der Waals surface area contributed by atoms with Gasteiger partial charge < -0.3 is 23.8 Å². The number of fused-ring (bicyclic) bond motifs is 2. The summed E-state index contributed by atoms with van der Waals surface area (Å²) in [6, 6.07) is 16.1. The van der Waals surface area contributed by atoms with Crippen LogP contribution in [0.4, 0.5) is 0 Å². The molecule has 2 aromatic carbocycles. The van der Waals surface area contributed by atoms with Gasteiger partial charge in [0.25, 0.3) is 11.8 Å². The maximum atomic E-state index is 14.0. The summed E-state index contributed by atoms with van der Waals surface area (Å²) in [5.74, 6) is 0.827. The van der Waals surface area contributed by atoms with E-state index in [1.165, 1.54) is 5.56 Å². The van der Waals surface area contributed by atoms with Gasteiger partial charge in [0.2, 0.25) is 0 Å². The molecule has 37 heavy (non-hydrogen) atoms. The predicted octanol–water partition coefficient (Wildman–Crippen LogP) is 4.35. The first-order valence-corrected chi connectivity index (χ1v) is 13.4. The molecule has 0 bridgehead atoms. The van der Waals surface area contributed by atoms with Crippen molar-refractivity contribution in [3.8, 4) is 5.75 Å². The van der Waals surface area contributed by atoms with Crippen LogP contribution in [-0.4, -0.2) is 71.2 Å². The first kappa shape index (κ1) is 25.3. The van der Waals surface area contributed by atoms with Gasteiger partial charge in [0.05, 0.1) is 25.3 Å². The molecule has 1 saturated heterocycles. The highest BCUT2D eigenvalue weighted by Crippen LogP contribution is 2.32. The number of carbonyl (C=O) groups excluding carboxylic acids is 2. The number of ether oxygens (including phenoxy) is 2. The lowest BCUT2D eigenvalue weighted by atomic mass is 9.90. The number of rotatable bonds is 2. The van der Waals surface area contributed by atoms with Crippen molar-refractivity contribution in [1.29, 1.82) is 0 Å². The van der Waals surface area contributed by atoms with E-state index in [0.29, 0.717) is 44.8 Å². The summed E-state index contributed by atoms with van der Waals surface area (Å²) in [6.07, 6.45) is 3.22. The number of aromatic nitrogens is 1. The van der Waals surface area contributed by atoms with E-state index in [2.05, 4.69) is 10.6 Å². The van der Waals surface area contributed by atoms with E-state index in [4.69, 9.17) is 9.47 Å². The molecule has 0 radical (unpaired) electrons. The first-order chi connectivity index (χ1) is 17.9. The third-order valence-electron chi connectivity index (χ3n) is 8.01. The quantitative estimate of drug-likeness (QED) is 0.522. The Kier molecular flexibility index (Phi) is 7.24. The van der Waals surface area contributed by atoms with Crippen molar-refractivity contribution in [3.63, 3.8) is 0 Å². The molecule has 0 saturated carbocycles. The lowest BCUT2D eigenvalue weighted by Gasteiger charge is -2.44.